The van der Waals surface area contributed by atoms with E-state index >= 15 is 0 Å². The average molecular weight is 193 g/mol. The van der Waals surface area contributed by atoms with Gasteiger partial charge in [-0.3, -0.25) is 0 Å². The van der Waals surface area contributed by atoms with Gasteiger partial charge in [0.1, 0.15) is 5.75 Å². The van der Waals surface area contributed by atoms with Gasteiger partial charge in [0.25, 0.3) is 0 Å². The van der Waals surface area contributed by atoms with Crippen LogP contribution in [0.25, 0.3) is 0 Å². The van der Waals surface area contributed by atoms with Crippen LogP contribution in [0.3, 0.4) is 0 Å². The molecule has 0 aliphatic carbocycles. The van der Waals surface area contributed by atoms with Gasteiger partial charge in [-0.05, 0) is 30.9 Å². The van der Waals surface area contributed by atoms with Crippen LogP contribution in [0.15, 0.2) is 12.1 Å². The molecule has 1 aromatic rings. The topological polar surface area (TPSA) is 46.2 Å². The fraction of sp³-hybridized carbons (Fsp3) is 0.500. The summed E-state index contributed by atoms with van der Waals surface area (Å²) in [6.07, 6.45) is 0. The summed E-state index contributed by atoms with van der Waals surface area (Å²) >= 11 is 0. The minimum Gasteiger partial charge on any atom is -0.507 e. The molecule has 0 bridgehead atoms. The van der Waals surface area contributed by atoms with E-state index in [0.29, 0.717) is 11.7 Å². The summed E-state index contributed by atoms with van der Waals surface area (Å²) in [5.41, 5.74) is 8.88. The highest BCUT2D eigenvalue weighted by Crippen LogP contribution is 2.31. The van der Waals surface area contributed by atoms with Crippen LogP contribution < -0.4 is 5.73 Å². The van der Waals surface area contributed by atoms with Crippen molar-refractivity contribution in [3.8, 4) is 5.75 Å². The normalized spacial score (nSPS) is 13.3. The Labute approximate surface area is 85.8 Å². The molecule has 1 aromatic carbocycles. The van der Waals surface area contributed by atoms with E-state index < -0.39 is 0 Å². The van der Waals surface area contributed by atoms with Crippen LogP contribution in [0.4, 0.5) is 0 Å². The Kier molecular flexibility index (Phi) is 3.17. The number of benzene rings is 1. The number of phenolic OH excluding ortho intramolecular Hbond substituents is 1. The van der Waals surface area contributed by atoms with Crippen LogP contribution >= 0.6 is 0 Å². The number of nitrogens with two attached hydrogens (primary N) is 1. The molecule has 0 saturated heterocycles. The van der Waals surface area contributed by atoms with Crippen LogP contribution in [-0.4, -0.2) is 5.11 Å². The molecule has 3 N–H and O–H groups in total. The Morgan fingerprint density at radius 1 is 1.21 bits per heavy atom. The molecule has 0 radical (unpaired) electrons. The van der Waals surface area contributed by atoms with Crippen molar-refractivity contribution in [2.24, 2.45) is 11.7 Å². The van der Waals surface area contributed by atoms with Crippen molar-refractivity contribution in [2.75, 3.05) is 0 Å². The van der Waals surface area contributed by atoms with Gasteiger partial charge in [0, 0.05) is 11.6 Å². The second-order valence-corrected chi connectivity index (χ2v) is 4.22. The minimum atomic E-state index is -0.0886. The lowest BCUT2D eigenvalue weighted by Gasteiger charge is -2.19. The number of aryl methyl sites for hydroxylation is 1. The lowest BCUT2D eigenvalue weighted by molar-refractivity contribution is 0.436. The zero-order valence-corrected chi connectivity index (χ0v) is 9.33. The van der Waals surface area contributed by atoms with Crippen molar-refractivity contribution < 1.29 is 5.11 Å². The first-order valence-electron chi connectivity index (χ1n) is 4.99. The third-order valence-electron chi connectivity index (χ3n) is 2.81. The molecule has 0 aliphatic heterocycles. The molecule has 0 spiro atoms. The second-order valence-electron chi connectivity index (χ2n) is 4.22. The predicted molar refractivity (Wildman–Crippen MR) is 59.3 cm³/mol. The third kappa shape index (κ3) is 1.90. The fourth-order valence-electron chi connectivity index (χ4n) is 1.45. The molecule has 0 heterocycles. The number of rotatable bonds is 2. The minimum absolute atomic E-state index is 0.0886. The molecule has 1 rings (SSSR count). The summed E-state index contributed by atoms with van der Waals surface area (Å²) in [6, 6.07) is 3.84. The van der Waals surface area contributed by atoms with Crippen LogP contribution in [0.5, 0.6) is 5.75 Å². The van der Waals surface area contributed by atoms with Gasteiger partial charge in [-0.15, -0.1) is 0 Å². The van der Waals surface area contributed by atoms with Crippen LogP contribution in [0.2, 0.25) is 0 Å². The van der Waals surface area contributed by atoms with Crippen molar-refractivity contribution in [3.63, 3.8) is 0 Å². The Balaban J connectivity index is 3.17. The molecule has 0 unspecified atom stereocenters. The standard InChI is InChI=1S/C12H19NO/c1-7(2)11(13)10-6-5-8(3)9(4)12(10)14/h5-7,11,14H,13H2,1-4H3/t11-/m0/s1. The molecule has 0 aliphatic rings. The molecule has 1 atom stereocenters. The lowest BCUT2D eigenvalue weighted by atomic mass is 9.93. The molecule has 78 valence electrons. The van der Waals surface area contributed by atoms with Gasteiger partial charge < -0.3 is 10.8 Å². The van der Waals surface area contributed by atoms with Crippen LogP contribution in [-0.2, 0) is 0 Å². The first-order chi connectivity index (χ1) is 6.45. The Morgan fingerprint density at radius 2 is 1.79 bits per heavy atom. The fourth-order valence-corrected chi connectivity index (χ4v) is 1.45. The number of hydrogen-bond donors (Lipinski definition) is 2. The van der Waals surface area contributed by atoms with Gasteiger partial charge in [0.05, 0.1) is 0 Å². The van der Waals surface area contributed by atoms with Gasteiger partial charge in [0.15, 0.2) is 0 Å². The zero-order valence-electron chi connectivity index (χ0n) is 9.33. The van der Waals surface area contributed by atoms with E-state index in [1.165, 1.54) is 0 Å². The van der Waals surface area contributed by atoms with E-state index in [0.717, 1.165) is 16.7 Å². The van der Waals surface area contributed by atoms with Gasteiger partial charge in [-0.25, -0.2) is 0 Å². The smallest absolute Gasteiger partial charge is 0.123 e. The van der Waals surface area contributed by atoms with E-state index in [1.54, 1.807) is 0 Å². The average Bonchev–Trinajstić information content (AvgIpc) is 2.13. The highest BCUT2D eigenvalue weighted by atomic mass is 16.3. The zero-order chi connectivity index (χ0) is 10.9. The molecule has 0 aromatic heterocycles. The number of hydrogen-bond acceptors (Lipinski definition) is 2. The van der Waals surface area contributed by atoms with Crippen molar-refractivity contribution in [1.82, 2.24) is 0 Å². The summed E-state index contributed by atoms with van der Waals surface area (Å²) < 4.78 is 0. The van der Waals surface area contributed by atoms with Crippen molar-refractivity contribution in [3.05, 3.63) is 28.8 Å². The Morgan fingerprint density at radius 3 is 2.29 bits per heavy atom. The van der Waals surface area contributed by atoms with Crippen molar-refractivity contribution >= 4 is 0 Å². The summed E-state index contributed by atoms with van der Waals surface area (Å²) in [5.74, 6) is 0.689. The molecule has 2 heteroatoms. The summed E-state index contributed by atoms with van der Waals surface area (Å²) in [6.45, 7) is 8.01. The SMILES string of the molecule is Cc1ccc([C@@H](N)C(C)C)c(O)c1C. The molecule has 0 amide bonds. The van der Waals surface area contributed by atoms with E-state index in [-0.39, 0.29) is 6.04 Å². The van der Waals surface area contributed by atoms with E-state index in [9.17, 15) is 5.11 Å². The van der Waals surface area contributed by atoms with Crippen LogP contribution in [0, 0.1) is 19.8 Å². The van der Waals surface area contributed by atoms with E-state index in [2.05, 4.69) is 13.8 Å². The first-order valence-corrected chi connectivity index (χ1v) is 4.99. The predicted octanol–water partition coefficient (Wildman–Crippen LogP) is 2.66. The van der Waals surface area contributed by atoms with Gasteiger partial charge >= 0.3 is 0 Å². The Hall–Kier alpha value is -1.02. The first kappa shape index (κ1) is 11.1. The molecular weight excluding hydrogens is 174 g/mol. The number of phenols is 1. The quantitative estimate of drug-likeness (QED) is 0.758. The molecule has 0 saturated carbocycles. The largest absolute Gasteiger partial charge is 0.507 e. The van der Waals surface area contributed by atoms with Gasteiger partial charge in [-0.1, -0.05) is 26.0 Å². The monoisotopic (exact) mass is 193 g/mol. The summed E-state index contributed by atoms with van der Waals surface area (Å²) in [4.78, 5) is 0. The van der Waals surface area contributed by atoms with Crippen LogP contribution in [0.1, 0.15) is 36.6 Å². The molecule has 14 heavy (non-hydrogen) atoms. The molecule has 0 fully saturated rings. The van der Waals surface area contributed by atoms with Crippen molar-refractivity contribution in [1.29, 1.82) is 0 Å². The van der Waals surface area contributed by atoms with E-state index in [1.807, 2.05) is 26.0 Å². The van der Waals surface area contributed by atoms with E-state index in [4.69, 9.17) is 5.73 Å². The maximum atomic E-state index is 9.92. The summed E-state index contributed by atoms with van der Waals surface area (Å²) in [7, 11) is 0. The third-order valence-corrected chi connectivity index (χ3v) is 2.81. The molecular formula is C12H19NO. The highest BCUT2D eigenvalue weighted by Gasteiger charge is 2.16. The Bertz CT molecular complexity index is 331. The maximum absolute atomic E-state index is 9.92. The van der Waals surface area contributed by atoms with Crippen molar-refractivity contribution in [2.45, 2.75) is 33.7 Å². The van der Waals surface area contributed by atoms with Gasteiger partial charge in [0.2, 0.25) is 0 Å². The maximum Gasteiger partial charge on any atom is 0.123 e. The van der Waals surface area contributed by atoms with Gasteiger partial charge in [-0.2, -0.15) is 0 Å². The summed E-state index contributed by atoms with van der Waals surface area (Å²) in [5, 5.41) is 9.92. The number of aromatic hydroxyl groups is 1. The highest BCUT2D eigenvalue weighted by molar-refractivity contribution is 5.45. The molecule has 2 nitrogen and oxygen atoms in total. The lowest BCUT2D eigenvalue weighted by Crippen LogP contribution is -2.17. The second kappa shape index (κ2) is 4.01.